The number of para-hydroxylation sites is 2. The molecule has 2 aromatic carbocycles. The van der Waals surface area contributed by atoms with Crippen molar-refractivity contribution in [2.24, 2.45) is 0 Å². The Kier molecular flexibility index (Phi) is 6.35. The second-order valence-electron chi connectivity index (χ2n) is 9.11. The predicted octanol–water partition coefficient (Wildman–Crippen LogP) is 6.76. The van der Waals surface area contributed by atoms with Crippen molar-refractivity contribution in [3.63, 3.8) is 0 Å². The first-order valence-electron chi connectivity index (χ1n) is 12.2. The molecule has 5 heteroatoms. The number of nitrogens with zero attached hydrogens (tertiary/aromatic N) is 1. The number of allylic oxidation sites excluding steroid dienone is 1. The lowest BCUT2D eigenvalue weighted by molar-refractivity contribution is -0.119. The SMILES string of the molecule is CCCCCC(=O)N1c2ccccc2NC2=C(C(=O)CC(c3ccccc3)C2)C1c1ccco1. The van der Waals surface area contributed by atoms with Crippen molar-refractivity contribution in [2.45, 2.75) is 57.4 Å². The Bertz CT molecular complexity index is 1200. The molecule has 2 atom stereocenters. The van der Waals surface area contributed by atoms with Crippen LogP contribution in [0, 0.1) is 0 Å². The number of ketones is 1. The normalized spacial score (nSPS) is 19.8. The molecule has 5 nitrogen and oxygen atoms in total. The topological polar surface area (TPSA) is 62.6 Å². The van der Waals surface area contributed by atoms with Crippen LogP contribution in [0.25, 0.3) is 0 Å². The lowest BCUT2D eigenvalue weighted by Gasteiger charge is -2.33. The van der Waals surface area contributed by atoms with Gasteiger partial charge in [0, 0.05) is 24.1 Å². The highest BCUT2D eigenvalue weighted by atomic mass is 16.3. The third-order valence-corrected chi connectivity index (χ3v) is 6.84. The quantitative estimate of drug-likeness (QED) is 0.418. The van der Waals surface area contributed by atoms with Gasteiger partial charge in [-0.05, 0) is 48.6 Å². The van der Waals surface area contributed by atoms with Gasteiger partial charge in [-0.1, -0.05) is 62.2 Å². The van der Waals surface area contributed by atoms with Crippen LogP contribution in [0.3, 0.4) is 0 Å². The number of anilines is 2. The first-order chi connectivity index (χ1) is 16.7. The molecule has 1 N–H and O–H groups in total. The van der Waals surface area contributed by atoms with Gasteiger partial charge in [-0.15, -0.1) is 0 Å². The van der Waals surface area contributed by atoms with E-state index in [9.17, 15) is 9.59 Å². The third-order valence-electron chi connectivity index (χ3n) is 6.84. The zero-order valence-electron chi connectivity index (χ0n) is 19.5. The number of Topliss-reactive ketones (excluding diaryl/α,β-unsaturated/α-hetero) is 1. The first-order valence-corrected chi connectivity index (χ1v) is 12.2. The van der Waals surface area contributed by atoms with Crippen LogP contribution in [-0.4, -0.2) is 11.7 Å². The van der Waals surface area contributed by atoms with E-state index in [4.69, 9.17) is 4.42 Å². The van der Waals surface area contributed by atoms with E-state index in [0.717, 1.165) is 41.9 Å². The van der Waals surface area contributed by atoms with Crippen molar-refractivity contribution in [3.05, 3.63) is 95.6 Å². The molecule has 0 bridgehead atoms. The minimum absolute atomic E-state index is 0.0100. The lowest BCUT2D eigenvalue weighted by atomic mass is 9.79. The van der Waals surface area contributed by atoms with E-state index in [0.29, 0.717) is 30.6 Å². The molecule has 174 valence electrons. The number of unbranched alkanes of at least 4 members (excludes halogenated alkanes) is 2. The number of rotatable bonds is 6. The minimum atomic E-state index is -0.584. The van der Waals surface area contributed by atoms with Crippen molar-refractivity contribution < 1.29 is 14.0 Å². The molecule has 0 fully saturated rings. The monoisotopic (exact) mass is 454 g/mol. The summed E-state index contributed by atoms with van der Waals surface area (Å²) in [7, 11) is 0. The number of fused-ring (bicyclic) bond motifs is 1. The lowest BCUT2D eigenvalue weighted by Crippen LogP contribution is -2.38. The van der Waals surface area contributed by atoms with Crippen LogP contribution in [0.2, 0.25) is 0 Å². The van der Waals surface area contributed by atoms with Gasteiger partial charge < -0.3 is 9.73 Å². The number of hydrogen-bond acceptors (Lipinski definition) is 4. The van der Waals surface area contributed by atoms with E-state index < -0.39 is 6.04 Å². The minimum Gasteiger partial charge on any atom is -0.467 e. The van der Waals surface area contributed by atoms with Gasteiger partial charge in [-0.3, -0.25) is 14.5 Å². The van der Waals surface area contributed by atoms with Crippen molar-refractivity contribution in [2.75, 3.05) is 10.2 Å². The second kappa shape index (κ2) is 9.72. The smallest absolute Gasteiger partial charge is 0.228 e. The Balaban J connectivity index is 1.63. The van der Waals surface area contributed by atoms with E-state index in [-0.39, 0.29) is 17.6 Å². The van der Waals surface area contributed by atoms with Crippen LogP contribution in [0.4, 0.5) is 11.4 Å². The summed E-state index contributed by atoms with van der Waals surface area (Å²) >= 11 is 0. The third kappa shape index (κ3) is 4.18. The number of carbonyl (C=O) groups is 2. The van der Waals surface area contributed by atoms with Crippen LogP contribution in [0.1, 0.15) is 68.7 Å². The number of carbonyl (C=O) groups excluding carboxylic acids is 2. The highest BCUT2D eigenvalue weighted by molar-refractivity contribution is 6.06. The Labute approximate surface area is 200 Å². The maximum atomic E-state index is 13.8. The molecule has 0 saturated carbocycles. The number of furan rings is 1. The summed E-state index contributed by atoms with van der Waals surface area (Å²) in [5.41, 5.74) is 4.30. The van der Waals surface area contributed by atoms with Crippen molar-refractivity contribution in [1.29, 1.82) is 0 Å². The second-order valence-corrected chi connectivity index (χ2v) is 9.11. The van der Waals surface area contributed by atoms with Crippen molar-refractivity contribution >= 4 is 23.1 Å². The number of amides is 1. The Morgan fingerprint density at radius 1 is 1.00 bits per heavy atom. The number of hydrogen-bond donors (Lipinski definition) is 1. The van der Waals surface area contributed by atoms with Gasteiger partial charge in [0.2, 0.25) is 5.91 Å². The van der Waals surface area contributed by atoms with E-state index in [2.05, 4.69) is 24.4 Å². The number of benzene rings is 2. The molecule has 0 saturated heterocycles. The molecule has 0 spiro atoms. The van der Waals surface area contributed by atoms with Crippen LogP contribution >= 0.6 is 0 Å². The fraction of sp³-hybridized carbons (Fsp3) is 0.310. The zero-order chi connectivity index (χ0) is 23.5. The van der Waals surface area contributed by atoms with E-state index in [1.54, 1.807) is 11.2 Å². The molecule has 2 unspecified atom stereocenters. The summed E-state index contributed by atoms with van der Waals surface area (Å²) in [6.45, 7) is 2.13. The maximum absolute atomic E-state index is 13.8. The van der Waals surface area contributed by atoms with Crippen LogP contribution < -0.4 is 10.2 Å². The highest BCUT2D eigenvalue weighted by Gasteiger charge is 2.42. The van der Waals surface area contributed by atoms with Gasteiger partial charge in [0.25, 0.3) is 0 Å². The average Bonchev–Trinajstić information content (AvgIpc) is 3.34. The molecule has 34 heavy (non-hydrogen) atoms. The van der Waals surface area contributed by atoms with Gasteiger partial charge in [0.15, 0.2) is 5.78 Å². The van der Waals surface area contributed by atoms with Gasteiger partial charge in [0.1, 0.15) is 11.8 Å². The van der Waals surface area contributed by atoms with Crippen LogP contribution in [-0.2, 0) is 9.59 Å². The molecule has 1 aromatic heterocycles. The molecular formula is C29H30N2O3. The molecule has 1 aliphatic heterocycles. The van der Waals surface area contributed by atoms with E-state index in [1.807, 2.05) is 54.6 Å². The van der Waals surface area contributed by atoms with Gasteiger partial charge in [-0.25, -0.2) is 0 Å². The van der Waals surface area contributed by atoms with Crippen LogP contribution in [0.5, 0.6) is 0 Å². The molecule has 3 aromatic rings. The molecule has 5 rings (SSSR count). The Hall–Kier alpha value is -3.60. The summed E-state index contributed by atoms with van der Waals surface area (Å²) in [5, 5.41) is 3.56. The van der Waals surface area contributed by atoms with E-state index >= 15 is 0 Å². The summed E-state index contributed by atoms with van der Waals surface area (Å²) in [5.74, 6) is 0.775. The predicted molar refractivity (Wildman–Crippen MR) is 134 cm³/mol. The standard InChI is InChI=1S/C29H30N2O3/c1-2-3-5-16-27(33)31-24-14-9-8-13-22(24)30-23-18-21(20-11-6-4-7-12-20)19-25(32)28(23)29(31)26-15-10-17-34-26/h4,6-15,17,21,29-30H,2-3,5,16,18-19H2,1H3. The van der Waals surface area contributed by atoms with E-state index in [1.165, 1.54) is 0 Å². The summed E-state index contributed by atoms with van der Waals surface area (Å²) in [6, 6.07) is 21.1. The van der Waals surface area contributed by atoms with Gasteiger partial charge in [0.05, 0.1) is 17.6 Å². The molecule has 1 amide bonds. The first kappa shape index (κ1) is 22.2. The summed E-state index contributed by atoms with van der Waals surface area (Å²) in [6.07, 6.45) is 6.02. The molecule has 2 heterocycles. The van der Waals surface area contributed by atoms with Crippen LogP contribution in [0.15, 0.2) is 88.7 Å². The van der Waals surface area contributed by atoms with Gasteiger partial charge >= 0.3 is 0 Å². The molecule has 1 aliphatic carbocycles. The Morgan fingerprint density at radius 2 is 1.79 bits per heavy atom. The van der Waals surface area contributed by atoms with Crippen molar-refractivity contribution in [3.8, 4) is 0 Å². The summed E-state index contributed by atoms with van der Waals surface area (Å²) in [4.78, 5) is 29.2. The fourth-order valence-corrected chi connectivity index (χ4v) is 5.19. The van der Waals surface area contributed by atoms with Gasteiger partial charge in [-0.2, -0.15) is 0 Å². The highest BCUT2D eigenvalue weighted by Crippen LogP contribution is 2.47. The van der Waals surface area contributed by atoms with Crippen molar-refractivity contribution in [1.82, 2.24) is 0 Å². The fourth-order valence-electron chi connectivity index (χ4n) is 5.19. The molecular weight excluding hydrogens is 424 g/mol. The zero-order valence-corrected chi connectivity index (χ0v) is 19.5. The largest absolute Gasteiger partial charge is 0.467 e. The molecule has 0 radical (unpaired) electrons. The summed E-state index contributed by atoms with van der Waals surface area (Å²) < 4.78 is 5.85. The maximum Gasteiger partial charge on any atom is 0.228 e. The number of nitrogens with one attached hydrogen (secondary N) is 1. The average molecular weight is 455 g/mol. The molecule has 2 aliphatic rings. The Morgan fingerprint density at radius 3 is 2.56 bits per heavy atom.